The fourth-order valence-electron chi connectivity index (χ4n) is 4.72. The molecular formula is C27H31NO5. The zero-order valence-corrected chi connectivity index (χ0v) is 18.8. The zero-order chi connectivity index (χ0) is 22.6. The van der Waals surface area contributed by atoms with E-state index in [4.69, 9.17) is 19.3 Å². The van der Waals surface area contributed by atoms with Crippen LogP contribution in [0.1, 0.15) is 41.9 Å². The van der Waals surface area contributed by atoms with Crippen molar-refractivity contribution in [1.82, 2.24) is 5.32 Å². The summed E-state index contributed by atoms with van der Waals surface area (Å²) in [4.78, 5) is 12.9. The van der Waals surface area contributed by atoms with Gasteiger partial charge < -0.3 is 24.6 Å². The number of nitrogens with one attached hydrogen (secondary N) is 1. The Hall–Kier alpha value is -2.67. The van der Waals surface area contributed by atoms with Crippen molar-refractivity contribution in [2.45, 2.75) is 37.9 Å². The molecule has 174 valence electrons. The highest BCUT2D eigenvalue weighted by Gasteiger charge is 2.32. The molecule has 0 saturated heterocycles. The lowest BCUT2D eigenvalue weighted by Crippen LogP contribution is -2.34. The van der Waals surface area contributed by atoms with E-state index in [1.165, 1.54) is 40.7 Å². The Morgan fingerprint density at radius 2 is 1.91 bits per heavy atom. The largest absolute Gasteiger partial charge is 0.459 e. The molecule has 1 aliphatic heterocycles. The van der Waals surface area contributed by atoms with E-state index >= 15 is 0 Å². The second-order valence-corrected chi connectivity index (χ2v) is 8.99. The predicted octanol–water partition coefficient (Wildman–Crippen LogP) is 3.52. The third-order valence-electron chi connectivity index (χ3n) is 6.58. The number of carbonyl (C=O) groups excluding carboxylic acids is 1. The Morgan fingerprint density at radius 3 is 2.76 bits per heavy atom. The number of rotatable bonds is 10. The van der Waals surface area contributed by atoms with Crippen molar-refractivity contribution in [3.8, 4) is 11.1 Å². The van der Waals surface area contributed by atoms with Crippen molar-refractivity contribution < 1.29 is 24.1 Å². The Morgan fingerprint density at radius 1 is 1.06 bits per heavy atom. The molecule has 0 aromatic heterocycles. The summed E-state index contributed by atoms with van der Waals surface area (Å²) >= 11 is 0. The number of benzene rings is 2. The first-order valence-corrected chi connectivity index (χ1v) is 11.9. The molecule has 0 unspecified atom stereocenters. The van der Waals surface area contributed by atoms with Gasteiger partial charge in [-0.3, -0.25) is 4.79 Å². The molecule has 33 heavy (non-hydrogen) atoms. The van der Waals surface area contributed by atoms with Crippen molar-refractivity contribution in [3.63, 3.8) is 0 Å². The number of hydrogen-bond acceptors (Lipinski definition) is 5. The molecule has 2 atom stereocenters. The number of aliphatic hydroxyl groups excluding tert-OH is 1. The highest BCUT2D eigenvalue weighted by molar-refractivity contribution is 5.91. The van der Waals surface area contributed by atoms with Gasteiger partial charge >= 0.3 is 0 Å². The van der Waals surface area contributed by atoms with Crippen LogP contribution in [-0.2, 0) is 25.4 Å². The third kappa shape index (κ3) is 5.13. The van der Waals surface area contributed by atoms with E-state index < -0.39 is 6.29 Å². The number of allylic oxidation sites excluding steroid dienone is 1. The lowest BCUT2D eigenvalue weighted by Gasteiger charge is -2.30. The number of fused-ring (bicyclic) bond motifs is 3. The fraction of sp³-hybridized carbons (Fsp3) is 0.444. The van der Waals surface area contributed by atoms with Crippen LogP contribution in [0.5, 0.6) is 0 Å². The molecule has 0 bridgehead atoms. The van der Waals surface area contributed by atoms with E-state index in [0.29, 0.717) is 37.9 Å². The van der Waals surface area contributed by atoms with E-state index in [9.17, 15) is 4.79 Å². The van der Waals surface area contributed by atoms with Gasteiger partial charge in [0.25, 0.3) is 5.91 Å². The highest BCUT2D eigenvalue weighted by atomic mass is 16.7. The average Bonchev–Trinajstić information content (AvgIpc) is 3.60. The van der Waals surface area contributed by atoms with Gasteiger partial charge in [0, 0.05) is 18.9 Å². The summed E-state index contributed by atoms with van der Waals surface area (Å²) in [6, 6.07) is 15.0. The van der Waals surface area contributed by atoms with Gasteiger partial charge in [-0.2, -0.15) is 0 Å². The molecule has 2 aromatic carbocycles. The summed E-state index contributed by atoms with van der Waals surface area (Å²) in [7, 11) is 0. The quantitative estimate of drug-likeness (QED) is 0.463. The SMILES string of the molecule is O=C(NCC1CC1)C1=C[C@@H](c2cccc3c2Cc2ccccc2-3)C[C@@H](OCCOCCO)O1. The van der Waals surface area contributed by atoms with Gasteiger partial charge in [-0.1, -0.05) is 42.5 Å². The van der Waals surface area contributed by atoms with Crippen molar-refractivity contribution in [1.29, 1.82) is 0 Å². The Kier molecular flexibility index (Phi) is 6.76. The van der Waals surface area contributed by atoms with Gasteiger partial charge in [0.05, 0.1) is 26.4 Å². The van der Waals surface area contributed by atoms with E-state index in [1.807, 2.05) is 6.08 Å². The van der Waals surface area contributed by atoms with Crippen LogP contribution in [0.2, 0.25) is 0 Å². The second kappa shape index (κ2) is 10.1. The van der Waals surface area contributed by atoms with Gasteiger partial charge in [0.15, 0.2) is 5.76 Å². The number of hydrogen-bond donors (Lipinski definition) is 2. The minimum Gasteiger partial charge on any atom is -0.459 e. The Balaban J connectivity index is 1.36. The van der Waals surface area contributed by atoms with Gasteiger partial charge in [0.1, 0.15) is 0 Å². The van der Waals surface area contributed by atoms with Gasteiger partial charge in [-0.05, 0) is 59.1 Å². The molecule has 2 N–H and O–H groups in total. The lowest BCUT2D eigenvalue weighted by atomic mass is 9.87. The zero-order valence-electron chi connectivity index (χ0n) is 18.8. The van der Waals surface area contributed by atoms with Gasteiger partial charge in [-0.25, -0.2) is 0 Å². The van der Waals surface area contributed by atoms with Crippen LogP contribution >= 0.6 is 0 Å². The number of amides is 1. The Labute approximate surface area is 194 Å². The van der Waals surface area contributed by atoms with Crippen LogP contribution in [0.15, 0.2) is 54.3 Å². The molecule has 6 heteroatoms. The molecule has 1 amide bonds. The van der Waals surface area contributed by atoms with E-state index in [2.05, 4.69) is 47.8 Å². The van der Waals surface area contributed by atoms with Crippen molar-refractivity contribution in [2.24, 2.45) is 5.92 Å². The Bertz CT molecular complexity index is 1030. The van der Waals surface area contributed by atoms with Crippen LogP contribution in [0.4, 0.5) is 0 Å². The third-order valence-corrected chi connectivity index (χ3v) is 6.58. The van der Waals surface area contributed by atoms with Crippen LogP contribution in [0.25, 0.3) is 11.1 Å². The number of carbonyl (C=O) groups is 1. The first-order valence-electron chi connectivity index (χ1n) is 11.9. The van der Waals surface area contributed by atoms with Crippen molar-refractivity contribution in [2.75, 3.05) is 33.0 Å². The molecule has 5 rings (SSSR count). The topological polar surface area (TPSA) is 77.0 Å². The van der Waals surface area contributed by atoms with Crippen molar-refractivity contribution >= 4 is 5.91 Å². The fourth-order valence-corrected chi connectivity index (χ4v) is 4.72. The molecule has 2 aromatic rings. The molecule has 1 saturated carbocycles. The lowest BCUT2D eigenvalue weighted by molar-refractivity contribution is -0.151. The molecule has 6 nitrogen and oxygen atoms in total. The number of ether oxygens (including phenoxy) is 3. The first-order chi connectivity index (χ1) is 16.2. The summed E-state index contributed by atoms with van der Waals surface area (Å²) in [5.41, 5.74) is 6.46. The molecule has 3 aliphatic rings. The molecular weight excluding hydrogens is 418 g/mol. The van der Waals surface area contributed by atoms with Crippen LogP contribution in [-0.4, -0.2) is 50.3 Å². The van der Waals surface area contributed by atoms with Gasteiger partial charge in [0.2, 0.25) is 6.29 Å². The summed E-state index contributed by atoms with van der Waals surface area (Å²) in [6.07, 6.45) is 5.32. The van der Waals surface area contributed by atoms with E-state index in [-0.39, 0.29) is 25.0 Å². The van der Waals surface area contributed by atoms with Crippen LogP contribution in [0, 0.1) is 5.92 Å². The summed E-state index contributed by atoms with van der Waals surface area (Å²) in [5.74, 6) is 0.780. The standard InChI is InChI=1S/C27H31NO5/c29-10-11-31-12-13-32-26-16-20(15-25(33-26)27(30)28-17-18-8-9-18)22-6-3-7-23-21-5-2-1-4-19(21)14-24(22)23/h1-7,15,18,20,26,29H,8-14,16-17H2,(H,28,30)/t20-,26+/m1/s1. The molecule has 0 spiro atoms. The van der Waals surface area contributed by atoms with Crippen molar-refractivity contribution in [3.05, 3.63) is 71.0 Å². The molecule has 0 radical (unpaired) electrons. The summed E-state index contributed by atoms with van der Waals surface area (Å²) in [6.45, 7) is 1.67. The predicted molar refractivity (Wildman–Crippen MR) is 125 cm³/mol. The minimum atomic E-state index is -0.529. The first kappa shape index (κ1) is 22.1. The molecule has 2 aliphatic carbocycles. The van der Waals surface area contributed by atoms with Crippen LogP contribution < -0.4 is 5.32 Å². The monoisotopic (exact) mass is 449 g/mol. The minimum absolute atomic E-state index is 0.0163. The number of aliphatic hydroxyl groups is 1. The van der Waals surface area contributed by atoms with E-state index in [0.717, 1.165) is 6.42 Å². The maximum atomic E-state index is 12.9. The molecule has 1 heterocycles. The maximum absolute atomic E-state index is 12.9. The molecule has 1 fully saturated rings. The summed E-state index contributed by atoms with van der Waals surface area (Å²) in [5, 5.41) is 11.9. The highest BCUT2D eigenvalue weighted by Crippen LogP contribution is 2.42. The maximum Gasteiger partial charge on any atom is 0.286 e. The van der Waals surface area contributed by atoms with Crippen LogP contribution in [0.3, 0.4) is 0 Å². The average molecular weight is 450 g/mol. The smallest absolute Gasteiger partial charge is 0.286 e. The van der Waals surface area contributed by atoms with E-state index in [1.54, 1.807) is 0 Å². The van der Waals surface area contributed by atoms with Gasteiger partial charge in [-0.15, -0.1) is 0 Å². The normalized spacial score (nSPS) is 21.1. The summed E-state index contributed by atoms with van der Waals surface area (Å²) < 4.78 is 17.2. The second-order valence-electron chi connectivity index (χ2n) is 8.99.